The summed E-state index contributed by atoms with van der Waals surface area (Å²) < 4.78 is 0.582. The third-order valence-electron chi connectivity index (χ3n) is 1.76. The zero-order chi connectivity index (χ0) is 10.0. The molecule has 0 aliphatic carbocycles. The molecule has 0 saturated carbocycles. The van der Waals surface area contributed by atoms with E-state index in [9.17, 15) is 15.3 Å². The summed E-state index contributed by atoms with van der Waals surface area (Å²) in [6.45, 7) is 1.52. The smallest absolute Gasteiger partial charge is 0.304 e. The molecule has 1 heterocycles. The average molecular weight is 183 g/mol. The van der Waals surface area contributed by atoms with Gasteiger partial charge in [-0.2, -0.15) is 4.73 Å². The van der Waals surface area contributed by atoms with Gasteiger partial charge in [-0.1, -0.05) is 0 Å². The molecule has 0 aliphatic rings. The minimum atomic E-state index is -0.529. The molecule has 6 nitrogen and oxygen atoms in total. The summed E-state index contributed by atoms with van der Waals surface area (Å²) in [5.74, 6) is 0. The predicted molar refractivity (Wildman–Crippen MR) is 46.3 cm³/mol. The molecular weight excluding hydrogens is 174 g/mol. The number of aromatic nitrogens is 1. The second-order valence-corrected chi connectivity index (χ2v) is 2.49. The summed E-state index contributed by atoms with van der Waals surface area (Å²) in [5, 5.41) is 24.1. The lowest BCUT2D eigenvalue weighted by molar-refractivity contribution is -0.612. The molecule has 70 valence electrons. The van der Waals surface area contributed by atoms with E-state index in [1.165, 1.54) is 20.0 Å². The molecule has 0 atom stereocenters. The van der Waals surface area contributed by atoms with Gasteiger partial charge in [-0.25, -0.2) is 0 Å². The molecule has 0 radical (unpaired) electrons. The normalized spacial score (nSPS) is 9.69. The van der Waals surface area contributed by atoms with Crippen molar-refractivity contribution in [3.8, 4) is 0 Å². The van der Waals surface area contributed by atoms with E-state index in [1.54, 1.807) is 0 Å². The first-order chi connectivity index (χ1) is 6.07. The highest BCUT2D eigenvalue weighted by Crippen LogP contribution is 2.23. The zero-order valence-electron chi connectivity index (χ0n) is 7.27. The maximum Gasteiger partial charge on any atom is 0.304 e. The Morgan fingerprint density at radius 3 is 2.69 bits per heavy atom. The number of anilines is 1. The monoisotopic (exact) mass is 183 g/mol. The second-order valence-electron chi connectivity index (χ2n) is 2.49. The Labute approximate surface area is 74.5 Å². The summed E-state index contributed by atoms with van der Waals surface area (Å²) in [7, 11) is 1.54. The predicted octanol–water partition coefficient (Wildman–Crippen LogP) is 0.578. The third kappa shape index (κ3) is 1.51. The number of rotatable bonds is 2. The van der Waals surface area contributed by atoms with Crippen LogP contribution in [0.5, 0.6) is 0 Å². The van der Waals surface area contributed by atoms with Gasteiger partial charge < -0.3 is 10.5 Å². The van der Waals surface area contributed by atoms with E-state index in [4.69, 9.17) is 0 Å². The highest BCUT2D eigenvalue weighted by atomic mass is 16.6. The fourth-order valence-electron chi connectivity index (χ4n) is 1.09. The van der Waals surface area contributed by atoms with Crippen LogP contribution in [0.3, 0.4) is 0 Å². The van der Waals surface area contributed by atoms with Crippen LogP contribution in [0.4, 0.5) is 11.4 Å². The number of nitrogens with zero attached hydrogens (tertiary/aromatic N) is 2. The number of pyridine rings is 1. The molecule has 0 aliphatic heterocycles. The molecule has 1 aromatic heterocycles. The Hall–Kier alpha value is -1.85. The molecule has 0 bridgehead atoms. The Balaban J connectivity index is 3.38. The lowest BCUT2D eigenvalue weighted by Gasteiger charge is -2.05. The van der Waals surface area contributed by atoms with E-state index in [0.717, 1.165) is 6.20 Å². The summed E-state index contributed by atoms with van der Waals surface area (Å²) in [5.41, 5.74) is 0.450. The van der Waals surface area contributed by atoms with E-state index in [-0.39, 0.29) is 17.1 Å². The lowest BCUT2D eigenvalue weighted by atomic mass is 10.3. The van der Waals surface area contributed by atoms with Crippen LogP contribution in [-0.2, 0) is 0 Å². The van der Waals surface area contributed by atoms with Crippen LogP contribution in [0.1, 0.15) is 5.69 Å². The van der Waals surface area contributed by atoms with Crippen molar-refractivity contribution < 1.29 is 9.65 Å². The first kappa shape index (κ1) is 9.24. The minimum Gasteiger partial charge on any atom is -0.618 e. The third-order valence-corrected chi connectivity index (χ3v) is 1.76. The van der Waals surface area contributed by atoms with Gasteiger partial charge in [-0.05, 0) is 0 Å². The van der Waals surface area contributed by atoms with E-state index in [1.807, 2.05) is 0 Å². The second kappa shape index (κ2) is 3.26. The molecule has 6 heteroatoms. The molecule has 0 saturated heterocycles. The van der Waals surface area contributed by atoms with Gasteiger partial charge in [-0.3, -0.25) is 10.1 Å². The van der Waals surface area contributed by atoms with E-state index in [2.05, 4.69) is 5.32 Å². The number of nitrogens with one attached hydrogen (secondary N) is 1. The van der Waals surface area contributed by atoms with Gasteiger partial charge in [0.05, 0.1) is 11.0 Å². The van der Waals surface area contributed by atoms with Gasteiger partial charge in [0.1, 0.15) is 0 Å². The summed E-state index contributed by atoms with van der Waals surface area (Å²) >= 11 is 0. The zero-order valence-corrected chi connectivity index (χ0v) is 7.27. The molecular formula is C7H9N3O3. The Kier molecular flexibility index (Phi) is 2.32. The summed E-state index contributed by atoms with van der Waals surface area (Å²) in [4.78, 5) is 9.97. The first-order valence-corrected chi connectivity index (χ1v) is 3.63. The minimum absolute atomic E-state index is 0.0906. The van der Waals surface area contributed by atoms with Crippen LogP contribution in [0, 0.1) is 22.2 Å². The van der Waals surface area contributed by atoms with Crippen LogP contribution in [0.2, 0.25) is 0 Å². The highest BCUT2D eigenvalue weighted by Gasteiger charge is 2.20. The van der Waals surface area contributed by atoms with Gasteiger partial charge in [-0.15, -0.1) is 0 Å². The SMILES string of the molecule is CNc1c([N+](=O)[O-])cc[n+]([O-])c1C. The average Bonchev–Trinajstić information content (AvgIpc) is 2.09. The quantitative estimate of drug-likeness (QED) is 0.314. The molecule has 0 fully saturated rings. The fourth-order valence-corrected chi connectivity index (χ4v) is 1.09. The first-order valence-electron chi connectivity index (χ1n) is 3.63. The Morgan fingerprint density at radius 2 is 2.23 bits per heavy atom. The van der Waals surface area contributed by atoms with Crippen molar-refractivity contribution in [2.75, 3.05) is 12.4 Å². The van der Waals surface area contributed by atoms with Gasteiger partial charge in [0.15, 0.2) is 11.9 Å². The largest absolute Gasteiger partial charge is 0.618 e. The van der Waals surface area contributed by atoms with Crippen molar-refractivity contribution in [2.24, 2.45) is 0 Å². The molecule has 0 unspecified atom stereocenters. The number of hydrogen-bond donors (Lipinski definition) is 1. The van der Waals surface area contributed by atoms with E-state index >= 15 is 0 Å². The molecule has 0 amide bonds. The lowest BCUT2D eigenvalue weighted by Crippen LogP contribution is -2.30. The van der Waals surface area contributed by atoms with Gasteiger partial charge in [0.2, 0.25) is 5.69 Å². The molecule has 1 rings (SSSR count). The standard InChI is InChI=1S/C7H9N3O3/c1-5-7(8-2)6(10(12)13)3-4-9(5)11/h3-4,8H,1-2H3. The van der Waals surface area contributed by atoms with Crippen LogP contribution in [-0.4, -0.2) is 12.0 Å². The van der Waals surface area contributed by atoms with E-state index in [0.29, 0.717) is 4.73 Å². The molecule has 13 heavy (non-hydrogen) atoms. The molecule has 1 N–H and O–H groups in total. The topological polar surface area (TPSA) is 82.1 Å². The maximum atomic E-state index is 11.0. The highest BCUT2D eigenvalue weighted by molar-refractivity contribution is 5.61. The molecule has 0 spiro atoms. The van der Waals surface area contributed by atoms with E-state index < -0.39 is 4.92 Å². The fraction of sp³-hybridized carbons (Fsp3) is 0.286. The van der Waals surface area contributed by atoms with Crippen molar-refractivity contribution in [3.63, 3.8) is 0 Å². The Bertz CT molecular complexity index is 351. The van der Waals surface area contributed by atoms with Crippen molar-refractivity contribution >= 4 is 11.4 Å². The van der Waals surface area contributed by atoms with Crippen LogP contribution in [0.25, 0.3) is 0 Å². The summed E-state index contributed by atoms with van der Waals surface area (Å²) in [6, 6.07) is 1.17. The maximum absolute atomic E-state index is 11.0. The van der Waals surface area contributed by atoms with Gasteiger partial charge in [0, 0.05) is 14.0 Å². The van der Waals surface area contributed by atoms with Crippen molar-refractivity contribution in [2.45, 2.75) is 6.92 Å². The number of nitro groups is 1. The molecule has 0 aromatic carbocycles. The van der Waals surface area contributed by atoms with Gasteiger partial charge in [0.25, 0.3) is 0 Å². The van der Waals surface area contributed by atoms with Crippen LogP contribution in [0.15, 0.2) is 12.3 Å². The van der Waals surface area contributed by atoms with Crippen LogP contribution >= 0.6 is 0 Å². The summed E-state index contributed by atoms with van der Waals surface area (Å²) in [6.07, 6.45) is 1.12. The van der Waals surface area contributed by atoms with Crippen molar-refractivity contribution in [1.29, 1.82) is 0 Å². The van der Waals surface area contributed by atoms with Crippen molar-refractivity contribution in [3.05, 3.63) is 33.3 Å². The number of hydrogen-bond acceptors (Lipinski definition) is 4. The molecule has 1 aromatic rings. The van der Waals surface area contributed by atoms with Crippen molar-refractivity contribution in [1.82, 2.24) is 0 Å². The Morgan fingerprint density at radius 1 is 1.62 bits per heavy atom. The van der Waals surface area contributed by atoms with Crippen LogP contribution < -0.4 is 10.0 Å². The van der Waals surface area contributed by atoms with Gasteiger partial charge >= 0.3 is 5.69 Å².